The lowest BCUT2D eigenvalue weighted by molar-refractivity contribution is -0.359. The summed E-state index contributed by atoms with van der Waals surface area (Å²) in [5.41, 5.74) is 0. The molecule has 0 aliphatic carbocycles. The third-order valence-corrected chi connectivity index (χ3v) is 11.0. The van der Waals surface area contributed by atoms with Gasteiger partial charge in [-0.05, 0) is 19.3 Å². The summed E-state index contributed by atoms with van der Waals surface area (Å²) < 4.78 is 22.5. The van der Waals surface area contributed by atoms with Crippen molar-refractivity contribution in [3.63, 3.8) is 0 Å². The molecule has 12 unspecified atom stereocenters. The van der Waals surface area contributed by atoms with Gasteiger partial charge in [0.2, 0.25) is 5.91 Å². The molecule has 1 amide bonds. The Morgan fingerprint density at radius 2 is 1.11 bits per heavy atom. The molecule has 2 aliphatic heterocycles. The van der Waals surface area contributed by atoms with Gasteiger partial charge in [-0.1, -0.05) is 142 Å². The van der Waals surface area contributed by atoms with Crippen molar-refractivity contribution in [3.05, 3.63) is 12.2 Å². The first kappa shape index (κ1) is 50.9. The molecule has 14 heteroatoms. The maximum absolute atomic E-state index is 13.0. The van der Waals surface area contributed by atoms with Crippen LogP contribution in [0.5, 0.6) is 0 Å². The molecule has 56 heavy (non-hydrogen) atoms. The number of allylic oxidation sites excluding steroid dienone is 1. The van der Waals surface area contributed by atoms with E-state index in [0.717, 1.165) is 44.9 Å². The molecule has 2 aliphatic rings. The van der Waals surface area contributed by atoms with Crippen molar-refractivity contribution in [2.24, 2.45) is 0 Å². The van der Waals surface area contributed by atoms with Crippen molar-refractivity contribution >= 4 is 5.91 Å². The number of unbranched alkanes of at least 4 members (excludes halogenated alkanes) is 19. The number of nitrogens with one attached hydrogen (secondary N) is 1. The second-order valence-corrected chi connectivity index (χ2v) is 15.8. The molecule has 0 saturated carbocycles. The second-order valence-electron chi connectivity index (χ2n) is 15.8. The molecule has 14 nitrogen and oxygen atoms in total. The van der Waals surface area contributed by atoms with Crippen LogP contribution in [0.3, 0.4) is 0 Å². The SMILES string of the molecule is CCCCCCCC/C=C/C(O)C(COC1OC(CO)C(OC2OC(CO)C(O)C(O)C2O)C(O)C1O)NC(=O)CCCCCCCCCCCCCCCC. The van der Waals surface area contributed by atoms with Gasteiger partial charge < -0.3 is 65.1 Å². The topological polar surface area (TPSA) is 228 Å². The van der Waals surface area contributed by atoms with E-state index in [2.05, 4.69) is 19.2 Å². The van der Waals surface area contributed by atoms with Gasteiger partial charge in [-0.2, -0.15) is 0 Å². The number of carbonyl (C=O) groups excluding carboxylic acids is 1. The Balaban J connectivity index is 1.89. The Hall–Kier alpha value is -1.27. The number of hydrogen-bond donors (Lipinski definition) is 9. The minimum atomic E-state index is -1.78. The van der Waals surface area contributed by atoms with Crippen LogP contribution in [0, 0.1) is 0 Å². The molecular weight excluding hydrogens is 726 g/mol. The predicted octanol–water partition coefficient (Wildman–Crippen LogP) is 3.65. The van der Waals surface area contributed by atoms with E-state index in [1.807, 2.05) is 6.08 Å². The van der Waals surface area contributed by atoms with Crippen LogP contribution in [0.1, 0.15) is 155 Å². The minimum absolute atomic E-state index is 0.243. The summed E-state index contributed by atoms with van der Waals surface area (Å²) in [7, 11) is 0. The minimum Gasteiger partial charge on any atom is -0.394 e. The van der Waals surface area contributed by atoms with E-state index in [9.17, 15) is 45.6 Å². The zero-order chi connectivity index (χ0) is 41.1. The third kappa shape index (κ3) is 19.2. The van der Waals surface area contributed by atoms with Gasteiger partial charge in [0.1, 0.15) is 48.8 Å². The molecule has 0 aromatic rings. The summed E-state index contributed by atoms with van der Waals surface area (Å²) in [5.74, 6) is -0.243. The van der Waals surface area contributed by atoms with Crippen molar-refractivity contribution in [3.8, 4) is 0 Å². The fourth-order valence-corrected chi connectivity index (χ4v) is 7.29. The average molecular weight is 806 g/mol. The molecule has 2 saturated heterocycles. The Morgan fingerprint density at radius 3 is 1.64 bits per heavy atom. The van der Waals surface area contributed by atoms with E-state index in [1.54, 1.807) is 6.08 Å². The lowest BCUT2D eigenvalue weighted by Gasteiger charge is -2.46. The number of aliphatic hydroxyl groups is 8. The predicted molar refractivity (Wildman–Crippen MR) is 212 cm³/mol. The molecule has 330 valence electrons. The smallest absolute Gasteiger partial charge is 0.220 e. The van der Waals surface area contributed by atoms with Crippen LogP contribution in [0.2, 0.25) is 0 Å². The average Bonchev–Trinajstić information content (AvgIpc) is 3.19. The Labute approximate surface area is 336 Å². The molecule has 0 radical (unpaired) electrons. The number of rotatable bonds is 32. The van der Waals surface area contributed by atoms with Crippen LogP contribution >= 0.6 is 0 Å². The highest BCUT2D eigenvalue weighted by Gasteiger charge is 2.50. The van der Waals surface area contributed by atoms with Gasteiger partial charge in [-0.3, -0.25) is 4.79 Å². The maximum Gasteiger partial charge on any atom is 0.220 e. The highest BCUT2D eigenvalue weighted by Crippen LogP contribution is 2.30. The monoisotopic (exact) mass is 806 g/mol. The number of aliphatic hydroxyl groups excluding tert-OH is 8. The van der Waals surface area contributed by atoms with Crippen LogP contribution in [0.15, 0.2) is 12.2 Å². The maximum atomic E-state index is 13.0. The standard InChI is InChI=1S/C42H79NO13/c1-3-5-7-9-11-13-14-15-16-17-18-20-22-24-26-34(47)43-30(31(46)25-23-21-19-12-10-8-6-4-2)29-53-41-39(52)37(50)40(33(28-45)55-41)56-42-38(51)36(49)35(48)32(27-44)54-42/h23,25,30-33,35-42,44-46,48-52H,3-22,24,26-29H2,1-2H3,(H,43,47)/b25-23+. The lowest BCUT2D eigenvalue weighted by atomic mass is 9.97. The Bertz CT molecular complexity index is 1000. The summed E-state index contributed by atoms with van der Waals surface area (Å²) in [6.45, 7) is 2.71. The molecule has 0 bridgehead atoms. The highest BCUT2D eigenvalue weighted by molar-refractivity contribution is 5.76. The van der Waals surface area contributed by atoms with Crippen molar-refractivity contribution in [1.29, 1.82) is 0 Å². The largest absolute Gasteiger partial charge is 0.394 e. The summed E-state index contributed by atoms with van der Waals surface area (Å²) in [6.07, 6.45) is 11.4. The molecule has 0 spiro atoms. The van der Waals surface area contributed by atoms with Gasteiger partial charge >= 0.3 is 0 Å². The van der Waals surface area contributed by atoms with Gasteiger partial charge in [-0.15, -0.1) is 0 Å². The first-order valence-corrected chi connectivity index (χ1v) is 21.9. The molecular formula is C42H79NO13. The van der Waals surface area contributed by atoms with Gasteiger partial charge in [0.15, 0.2) is 12.6 Å². The summed E-state index contributed by atoms with van der Waals surface area (Å²) >= 11 is 0. The van der Waals surface area contributed by atoms with E-state index in [-0.39, 0.29) is 18.9 Å². The zero-order valence-electron chi connectivity index (χ0n) is 34.4. The van der Waals surface area contributed by atoms with E-state index >= 15 is 0 Å². The van der Waals surface area contributed by atoms with Gasteiger partial charge in [-0.25, -0.2) is 0 Å². The van der Waals surface area contributed by atoms with Crippen LogP contribution in [-0.4, -0.2) is 140 Å². The van der Waals surface area contributed by atoms with E-state index in [1.165, 1.54) is 83.5 Å². The molecule has 9 N–H and O–H groups in total. The first-order valence-electron chi connectivity index (χ1n) is 21.9. The third-order valence-electron chi connectivity index (χ3n) is 11.0. The highest BCUT2D eigenvalue weighted by atomic mass is 16.7. The normalized spacial score (nSPS) is 29.5. The fourth-order valence-electron chi connectivity index (χ4n) is 7.29. The number of ether oxygens (including phenoxy) is 4. The van der Waals surface area contributed by atoms with Crippen molar-refractivity contribution in [1.82, 2.24) is 5.32 Å². The molecule has 0 aromatic carbocycles. The molecule has 2 heterocycles. The number of hydrogen-bond acceptors (Lipinski definition) is 13. The zero-order valence-corrected chi connectivity index (χ0v) is 34.4. The molecule has 2 rings (SSSR count). The van der Waals surface area contributed by atoms with Gasteiger partial charge in [0, 0.05) is 6.42 Å². The lowest BCUT2D eigenvalue weighted by Crippen LogP contribution is -2.65. The van der Waals surface area contributed by atoms with E-state index in [4.69, 9.17) is 18.9 Å². The molecule has 12 atom stereocenters. The summed E-state index contributed by atoms with van der Waals surface area (Å²) in [6, 6.07) is -0.904. The molecule has 2 fully saturated rings. The Morgan fingerprint density at radius 1 is 0.625 bits per heavy atom. The van der Waals surface area contributed by atoms with E-state index in [0.29, 0.717) is 6.42 Å². The van der Waals surface area contributed by atoms with Gasteiger partial charge in [0.05, 0.1) is 32.0 Å². The Kier molecular flexibility index (Phi) is 27.9. The first-order chi connectivity index (χ1) is 27.1. The van der Waals surface area contributed by atoms with Gasteiger partial charge in [0.25, 0.3) is 0 Å². The van der Waals surface area contributed by atoms with Crippen molar-refractivity contribution in [2.75, 3.05) is 19.8 Å². The number of amides is 1. The van der Waals surface area contributed by atoms with Crippen LogP contribution in [0.4, 0.5) is 0 Å². The summed E-state index contributed by atoms with van der Waals surface area (Å²) in [4.78, 5) is 13.0. The molecule has 0 aromatic heterocycles. The van der Waals surface area contributed by atoms with Crippen LogP contribution in [0.25, 0.3) is 0 Å². The van der Waals surface area contributed by atoms with Crippen LogP contribution < -0.4 is 5.32 Å². The second kappa shape index (κ2) is 30.7. The van der Waals surface area contributed by atoms with Crippen molar-refractivity contribution in [2.45, 2.75) is 229 Å². The van der Waals surface area contributed by atoms with Crippen molar-refractivity contribution < 1.29 is 64.6 Å². The summed E-state index contributed by atoms with van der Waals surface area (Å²) in [5, 5.41) is 86.1. The fraction of sp³-hybridized carbons (Fsp3) is 0.929. The van der Waals surface area contributed by atoms with E-state index < -0.39 is 86.8 Å². The van der Waals surface area contributed by atoms with Crippen LogP contribution in [-0.2, 0) is 23.7 Å². The quantitative estimate of drug-likeness (QED) is 0.0350. The number of carbonyl (C=O) groups is 1.